The largest absolute Gasteiger partial charge is 0.442 e. The number of esters is 1. The zero-order valence-electron chi connectivity index (χ0n) is 17.4. The molecule has 0 saturated heterocycles. The van der Waals surface area contributed by atoms with Crippen molar-refractivity contribution in [2.24, 2.45) is 16.7 Å². The van der Waals surface area contributed by atoms with E-state index in [0.29, 0.717) is 5.56 Å². The third kappa shape index (κ3) is 3.19. The molecule has 0 N–H and O–H groups in total. The Hall–Kier alpha value is -2.80. The standard InChI is InChI=1S/C25H28N2O2/c1-24(2)22(25(24)14-7-8-15-25)23(28)29-21(17-26)18-10-9-13-20(16-18)27(3)19-11-5-4-6-12-19/h4-6,9-13,16,21-22H,7-8,14-15H2,1-3H3. The molecule has 2 saturated carbocycles. The number of nitriles is 1. The van der Waals surface area contributed by atoms with Crippen LogP contribution < -0.4 is 4.90 Å². The van der Waals surface area contributed by atoms with E-state index in [9.17, 15) is 10.1 Å². The monoisotopic (exact) mass is 388 g/mol. The van der Waals surface area contributed by atoms with Gasteiger partial charge >= 0.3 is 5.97 Å². The second-order valence-corrected chi connectivity index (χ2v) is 8.95. The van der Waals surface area contributed by atoms with Crippen molar-refractivity contribution in [2.75, 3.05) is 11.9 Å². The first kappa shape index (κ1) is 19.5. The van der Waals surface area contributed by atoms with Gasteiger partial charge in [-0.3, -0.25) is 4.79 Å². The van der Waals surface area contributed by atoms with Crippen LogP contribution in [0.15, 0.2) is 54.6 Å². The molecule has 0 aliphatic heterocycles. The average Bonchev–Trinajstić information content (AvgIpc) is 3.03. The van der Waals surface area contributed by atoms with Gasteiger partial charge < -0.3 is 9.64 Å². The van der Waals surface area contributed by atoms with Crippen molar-refractivity contribution < 1.29 is 9.53 Å². The van der Waals surface area contributed by atoms with Crippen LogP contribution >= 0.6 is 0 Å². The van der Waals surface area contributed by atoms with Crippen molar-refractivity contribution >= 4 is 17.3 Å². The van der Waals surface area contributed by atoms with Crippen LogP contribution in [-0.4, -0.2) is 13.0 Å². The molecule has 0 heterocycles. The smallest absolute Gasteiger partial charge is 0.311 e. The summed E-state index contributed by atoms with van der Waals surface area (Å²) in [5.74, 6) is -0.311. The van der Waals surface area contributed by atoms with Crippen molar-refractivity contribution in [3.63, 3.8) is 0 Å². The fourth-order valence-corrected chi connectivity index (χ4v) is 5.45. The first-order valence-corrected chi connectivity index (χ1v) is 10.4. The summed E-state index contributed by atoms with van der Waals surface area (Å²) in [4.78, 5) is 15.0. The van der Waals surface area contributed by atoms with E-state index in [1.165, 1.54) is 12.8 Å². The Morgan fingerprint density at radius 1 is 1.10 bits per heavy atom. The van der Waals surface area contributed by atoms with Gasteiger partial charge in [0.2, 0.25) is 6.10 Å². The first-order valence-electron chi connectivity index (χ1n) is 10.4. The summed E-state index contributed by atoms with van der Waals surface area (Å²) in [6.07, 6.45) is 3.66. The molecule has 150 valence electrons. The van der Waals surface area contributed by atoms with Gasteiger partial charge in [0.15, 0.2) is 0 Å². The Morgan fingerprint density at radius 3 is 2.41 bits per heavy atom. The van der Waals surface area contributed by atoms with Gasteiger partial charge in [-0.05, 0) is 47.9 Å². The molecule has 4 nitrogen and oxygen atoms in total. The van der Waals surface area contributed by atoms with Gasteiger partial charge in [-0.15, -0.1) is 0 Å². The molecule has 2 aromatic rings. The average molecular weight is 389 g/mol. The number of para-hydroxylation sites is 1. The first-order chi connectivity index (χ1) is 13.9. The maximum Gasteiger partial charge on any atom is 0.311 e. The Labute approximate surface area is 173 Å². The lowest BCUT2D eigenvalue weighted by molar-refractivity contribution is -0.150. The number of hydrogen-bond donors (Lipinski definition) is 0. The molecule has 0 radical (unpaired) electrons. The maximum absolute atomic E-state index is 13.0. The molecule has 29 heavy (non-hydrogen) atoms. The van der Waals surface area contributed by atoms with Crippen LogP contribution in [0.3, 0.4) is 0 Å². The van der Waals surface area contributed by atoms with E-state index in [1.54, 1.807) is 0 Å². The second-order valence-electron chi connectivity index (χ2n) is 8.95. The molecule has 2 atom stereocenters. The fourth-order valence-electron chi connectivity index (χ4n) is 5.45. The van der Waals surface area contributed by atoms with Crippen LogP contribution in [0, 0.1) is 28.1 Å². The predicted molar refractivity (Wildman–Crippen MR) is 114 cm³/mol. The zero-order valence-corrected chi connectivity index (χ0v) is 17.4. The zero-order chi connectivity index (χ0) is 20.6. The van der Waals surface area contributed by atoms with Gasteiger partial charge in [0.25, 0.3) is 0 Å². The molecule has 2 aromatic carbocycles. The highest BCUT2D eigenvalue weighted by molar-refractivity contribution is 5.79. The number of nitrogens with zero attached hydrogens (tertiary/aromatic N) is 2. The van der Waals surface area contributed by atoms with Gasteiger partial charge in [0, 0.05) is 24.0 Å². The fraction of sp³-hybridized carbons (Fsp3) is 0.440. The topological polar surface area (TPSA) is 53.3 Å². The van der Waals surface area contributed by atoms with Gasteiger partial charge in [-0.2, -0.15) is 5.26 Å². The highest BCUT2D eigenvalue weighted by Crippen LogP contribution is 2.76. The molecule has 2 unspecified atom stereocenters. The minimum absolute atomic E-state index is 0.0318. The molecule has 2 fully saturated rings. The molecule has 0 aromatic heterocycles. The van der Waals surface area contributed by atoms with Crippen LogP contribution in [0.4, 0.5) is 11.4 Å². The SMILES string of the molecule is CN(c1ccccc1)c1cccc(C(C#N)OC(=O)C2C(C)(C)C23CCCC3)c1. The van der Waals surface area contributed by atoms with Crippen LogP contribution in [0.25, 0.3) is 0 Å². The predicted octanol–water partition coefficient (Wildman–Crippen LogP) is 5.78. The van der Waals surface area contributed by atoms with Crippen molar-refractivity contribution in [2.45, 2.75) is 45.6 Å². The van der Waals surface area contributed by atoms with Crippen LogP contribution in [0.5, 0.6) is 0 Å². The minimum atomic E-state index is -0.888. The summed E-state index contributed by atoms with van der Waals surface area (Å²) in [6, 6.07) is 19.9. The number of hydrogen-bond acceptors (Lipinski definition) is 4. The molecule has 4 heteroatoms. The summed E-state index contributed by atoms with van der Waals surface area (Å²) < 4.78 is 5.75. The number of ether oxygens (including phenoxy) is 1. The summed E-state index contributed by atoms with van der Waals surface area (Å²) in [7, 11) is 1.98. The number of anilines is 2. The molecular formula is C25H28N2O2. The maximum atomic E-state index is 13.0. The Kier molecular flexibility index (Phi) is 4.86. The number of benzene rings is 2. The van der Waals surface area contributed by atoms with Crippen molar-refractivity contribution in [3.8, 4) is 6.07 Å². The lowest BCUT2D eigenvalue weighted by Crippen LogP contribution is -2.16. The van der Waals surface area contributed by atoms with E-state index in [2.05, 4.69) is 24.8 Å². The Bertz CT molecular complexity index is 939. The lowest BCUT2D eigenvalue weighted by Gasteiger charge is -2.21. The molecule has 0 bridgehead atoms. The van der Waals surface area contributed by atoms with Gasteiger partial charge in [-0.1, -0.05) is 57.0 Å². The highest BCUT2D eigenvalue weighted by Gasteiger charge is 2.74. The quantitative estimate of drug-likeness (QED) is 0.609. The van der Waals surface area contributed by atoms with Crippen LogP contribution in [0.1, 0.15) is 51.2 Å². The summed E-state index contributed by atoms with van der Waals surface area (Å²) in [5.41, 5.74) is 2.76. The van der Waals surface area contributed by atoms with Gasteiger partial charge in [0.05, 0.1) is 5.92 Å². The van der Waals surface area contributed by atoms with Gasteiger partial charge in [0.1, 0.15) is 6.07 Å². The summed E-state index contributed by atoms with van der Waals surface area (Å²) >= 11 is 0. The van der Waals surface area contributed by atoms with Crippen molar-refractivity contribution in [1.29, 1.82) is 5.26 Å². The Balaban J connectivity index is 1.52. The third-order valence-corrected chi connectivity index (χ3v) is 7.26. The van der Waals surface area contributed by atoms with E-state index < -0.39 is 6.10 Å². The number of rotatable bonds is 5. The minimum Gasteiger partial charge on any atom is -0.442 e. The van der Waals surface area contributed by atoms with E-state index in [4.69, 9.17) is 4.74 Å². The Morgan fingerprint density at radius 2 is 1.76 bits per heavy atom. The third-order valence-electron chi connectivity index (χ3n) is 7.26. The van der Waals surface area contributed by atoms with E-state index in [0.717, 1.165) is 24.2 Å². The molecule has 2 aliphatic rings. The van der Waals surface area contributed by atoms with Crippen molar-refractivity contribution in [1.82, 2.24) is 0 Å². The molecular weight excluding hydrogens is 360 g/mol. The molecule has 2 aliphatic carbocycles. The van der Waals surface area contributed by atoms with Crippen LogP contribution in [-0.2, 0) is 9.53 Å². The lowest BCUT2D eigenvalue weighted by atomic mass is 9.94. The van der Waals surface area contributed by atoms with Crippen LogP contribution in [0.2, 0.25) is 0 Å². The van der Waals surface area contributed by atoms with Crippen molar-refractivity contribution in [3.05, 3.63) is 60.2 Å². The highest BCUT2D eigenvalue weighted by atomic mass is 16.5. The summed E-state index contributed by atoms with van der Waals surface area (Å²) in [5, 5.41) is 9.72. The number of carbonyl (C=O) groups excluding carboxylic acids is 1. The number of carbonyl (C=O) groups is 1. The van der Waals surface area contributed by atoms with E-state index in [1.807, 2.05) is 61.6 Å². The summed E-state index contributed by atoms with van der Waals surface area (Å²) in [6.45, 7) is 4.34. The second kappa shape index (κ2) is 7.22. The van der Waals surface area contributed by atoms with Gasteiger partial charge in [-0.25, -0.2) is 0 Å². The molecule has 0 amide bonds. The normalized spacial score (nSPS) is 21.9. The van der Waals surface area contributed by atoms with E-state index >= 15 is 0 Å². The molecule has 1 spiro atoms. The van der Waals surface area contributed by atoms with E-state index in [-0.39, 0.29) is 22.7 Å². The molecule has 4 rings (SSSR count).